The van der Waals surface area contributed by atoms with Crippen molar-refractivity contribution < 1.29 is 23.7 Å². The normalized spacial score (nSPS) is 26.0. The molecule has 2 aliphatic heterocycles. The summed E-state index contributed by atoms with van der Waals surface area (Å²) in [6.07, 6.45) is 1.54. The van der Waals surface area contributed by atoms with Crippen molar-refractivity contribution in [3.8, 4) is 0 Å². The topological polar surface area (TPSA) is 121 Å². The number of aliphatic carboxylic acids is 1. The van der Waals surface area contributed by atoms with Gasteiger partial charge in [0, 0.05) is 31.2 Å². The molecule has 2 aromatic rings. The first kappa shape index (κ1) is 22.2. The molecule has 164 valence electrons. The molecule has 0 aliphatic carbocycles. The average Bonchev–Trinajstić information content (AvgIpc) is 3.30. The number of carbonyl (C=O) groups excluding carboxylic acids is 2. The lowest BCUT2D eigenvalue weighted by atomic mass is 9.89. The number of thioether (sulfide) groups is 2. The molecule has 4 heterocycles. The van der Waals surface area contributed by atoms with Gasteiger partial charge < -0.3 is 10.0 Å². The maximum absolute atomic E-state index is 13.0. The maximum Gasteiger partial charge on any atom is 0.313 e. The van der Waals surface area contributed by atoms with Gasteiger partial charge in [0.2, 0.25) is 5.91 Å². The number of hydrogen-bond donors (Lipinski definition) is 1. The maximum atomic E-state index is 13.0. The van der Waals surface area contributed by atoms with E-state index >= 15 is 0 Å². The molecule has 13 heteroatoms. The SMILES string of the molecule is CC(=O)N(C1C(=O)N2CC(CSc3cccnn3)(C(=O)O)CS[C@H]12)S(=O)c1cccs1. The molecule has 9 nitrogen and oxygen atoms in total. The van der Waals surface area contributed by atoms with Gasteiger partial charge in [-0.3, -0.25) is 14.4 Å². The molecular formula is C18H18N4O5S4. The Balaban J connectivity index is 1.51. The van der Waals surface area contributed by atoms with Crippen molar-refractivity contribution in [2.24, 2.45) is 5.41 Å². The van der Waals surface area contributed by atoms with E-state index in [0.717, 1.165) is 4.31 Å². The second-order valence-electron chi connectivity index (χ2n) is 7.07. The fourth-order valence-electron chi connectivity index (χ4n) is 3.42. The van der Waals surface area contributed by atoms with Gasteiger partial charge in [-0.2, -0.15) is 5.10 Å². The quantitative estimate of drug-likeness (QED) is 0.448. The van der Waals surface area contributed by atoms with Crippen LogP contribution in [0.15, 0.2) is 45.1 Å². The third-order valence-electron chi connectivity index (χ3n) is 5.02. The van der Waals surface area contributed by atoms with Crippen LogP contribution in [0.25, 0.3) is 0 Å². The zero-order valence-electron chi connectivity index (χ0n) is 16.2. The summed E-state index contributed by atoms with van der Waals surface area (Å²) in [7, 11) is -1.79. The van der Waals surface area contributed by atoms with Gasteiger partial charge in [-0.15, -0.1) is 40.0 Å². The van der Waals surface area contributed by atoms with Crippen LogP contribution in [0.3, 0.4) is 0 Å². The number of fused-ring (bicyclic) bond motifs is 1. The van der Waals surface area contributed by atoms with Crippen LogP contribution in [0, 0.1) is 5.41 Å². The van der Waals surface area contributed by atoms with Crippen molar-refractivity contribution in [2.45, 2.75) is 27.6 Å². The molecule has 0 bridgehead atoms. The highest BCUT2D eigenvalue weighted by atomic mass is 32.2. The molecule has 0 radical (unpaired) electrons. The second-order valence-corrected chi connectivity index (χ2v) is 11.7. The summed E-state index contributed by atoms with van der Waals surface area (Å²) in [4.78, 5) is 38.9. The number of carbonyl (C=O) groups is 3. The number of thiophene rings is 1. The van der Waals surface area contributed by atoms with Crippen LogP contribution in [0.4, 0.5) is 0 Å². The third kappa shape index (κ3) is 4.11. The fourth-order valence-corrected chi connectivity index (χ4v) is 8.45. The number of amides is 2. The molecule has 0 spiro atoms. The summed E-state index contributed by atoms with van der Waals surface area (Å²) < 4.78 is 14.5. The van der Waals surface area contributed by atoms with Crippen molar-refractivity contribution >= 4 is 63.6 Å². The first-order chi connectivity index (χ1) is 14.8. The van der Waals surface area contributed by atoms with E-state index in [1.165, 1.54) is 52.9 Å². The number of carboxylic acids is 1. The molecule has 1 N–H and O–H groups in total. The molecule has 2 fully saturated rings. The first-order valence-corrected chi connectivity index (χ1v) is 13.2. The smallest absolute Gasteiger partial charge is 0.313 e. The molecule has 2 aromatic heterocycles. The van der Waals surface area contributed by atoms with E-state index in [1.807, 2.05) is 0 Å². The van der Waals surface area contributed by atoms with Gasteiger partial charge in [0.25, 0.3) is 5.91 Å². The lowest BCUT2D eigenvalue weighted by Gasteiger charge is -2.55. The van der Waals surface area contributed by atoms with Gasteiger partial charge in [0.15, 0.2) is 17.0 Å². The number of nitrogens with zero attached hydrogens (tertiary/aromatic N) is 4. The lowest BCUT2D eigenvalue weighted by molar-refractivity contribution is -0.161. The molecule has 2 aliphatic rings. The predicted molar refractivity (Wildman–Crippen MR) is 118 cm³/mol. The summed E-state index contributed by atoms with van der Waals surface area (Å²) in [5.41, 5.74) is -1.15. The highest BCUT2D eigenvalue weighted by Crippen LogP contribution is 2.46. The lowest BCUT2D eigenvalue weighted by Crippen LogP contribution is -2.74. The zero-order chi connectivity index (χ0) is 22.2. The van der Waals surface area contributed by atoms with Gasteiger partial charge in [-0.05, 0) is 23.6 Å². The molecule has 31 heavy (non-hydrogen) atoms. The Morgan fingerprint density at radius 2 is 2.23 bits per heavy atom. The van der Waals surface area contributed by atoms with Crippen molar-refractivity contribution in [3.05, 3.63) is 35.8 Å². The van der Waals surface area contributed by atoms with Gasteiger partial charge in [0.05, 0.1) is 0 Å². The van der Waals surface area contributed by atoms with E-state index < -0.39 is 39.7 Å². The monoisotopic (exact) mass is 498 g/mol. The highest BCUT2D eigenvalue weighted by molar-refractivity contribution is 8.00. The van der Waals surface area contributed by atoms with Crippen LogP contribution in [-0.4, -0.2) is 76.0 Å². The summed E-state index contributed by atoms with van der Waals surface area (Å²) >= 11 is 3.84. The summed E-state index contributed by atoms with van der Waals surface area (Å²) in [6.45, 7) is 1.31. The summed E-state index contributed by atoms with van der Waals surface area (Å²) in [5.74, 6) is -1.34. The van der Waals surface area contributed by atoms with Gasteiger partial charge in [0.1, 0.15) is 20.0 Å². The number of hydrogen-bond acceptors (Lipinski definition) is 9. The Morgan fingerprint density at radius 1 is 1.42 bits per heavy atom. The third-order valence-corrected chi connectivity index (χ3v) is 10.5. The van der Waals surface area contributed by atoms with Crippen molar-refractivity contribution in [1.29, 1.82) is 0 Å². The molecule has 4 rings (SSSR count). The van der Waals surface area contributed by atoms with E-state index in [2.05, 4.69) is 10.2 Å². The van der Waals surface area contributed by atoms with E-state index in [4.69, 9.17) is 0 Å². The molecule has 0 aromatic carbocycles. The van der Waals surface area contributed by atoms with E-state index in [0.29, 0.717) is 9.24 Å². The summed E-state index contributed by atoms with van der Waals surface area (Å²) in [5, 5.41) is 19.7. The number of aromatic nitrogens is 2. The van der Waals surface area contributed by atoms with E-state index in [9.17, 15) is 23.7 Å². The van der Waals surface area contributed by atoms with Crippen LogP contribution in [0.2, 0.25) is 0 Å². The molecular weight excluding hydrogens is 480 g/mol. The minimum absolute atomic E-state index is 0.0278. The number of β-lactam (4-membered cyclic amide) rings is 1. The Kier molecular flexibility index (Phi) is 6.37. The van der Waals surface area contributed by atoms with Crippen LogP contribution in [0.5, 0.6) is 0 Å². The minimum Gasteiger partial charge on any atom is -0.481 e. The van der Waals surface area contributed by atoms with Crippen molar-refractivity contribution in [2.75, 3.05) is 18.1 Å². The van der Waals surface area contributed by atoms with Crippen LogP contribution < -0.4 is 0 Å². The zero-order valence-corrected chi connectivity index (χ0v) is 19.5. The molecule has 2 amide bonds. The van der Waals surface area contributed by atoms with Gasteiger partial charge in [-0.1, -0.05) is 6.07 Å². The van der Waals surface area contributed by atoms with Crippen LogP contribution in [0.1, 0.15) is 6.92 Å². The van der Waals surface area contributed by atoms with Crippen LogP contribution in [-0.2, 0) is 25.4 Å². The number of carboxylic acid groups (broad SMARTS) is 1. The van der Waals surface area contributed by atoms with Crippen LogP contribution >= 0.6 is 34.9 Å². The molecule has 2 saturated heterocycles. The van der Waals surface area contributed by atoms with E-state index in [-0.39, 0.29) is 24.0 Å². The molecule has 0 saturated carbocycles. The summed E-state index contributed by atoms with van der Waals surface area (Å²) in [6, 6.07) is 6.00. The largest absolute Gasteiger partial charge is 0.481 e. The fraction of sp³-hybridized carbons (Fsp3) is 0.389. The predicted octanol–water partition coefficient (Wildman–Crippen LogP) is 1.56. The Hall–Kier alpha value is -1.96. The van der Waals surface area contributed by atoms with E-state index in [1.54, 1.807) is 29.6 Å². The second kappa shape index (κ2) is 8.88. The molecule has 4 atom stereocenters. The standard InChI is InChI=1S/C18H18N4O5S4/c1-11(23)22(31(27)13-5-3-7-28-13)14-15(24)21-8-18(17(25)26,10-30-16(14)21)9-29-12-4-2-6-19-20-12/h2-7,14,16H,8-10H2,1H3,(H,25,26)/t14?,16-,18?,31?/m1/s1. The minimum atomic E-state index is -1.79. The Bertz CT molecular complexity index is 1020. The van der Waals surface area contributed by atoms with Crippen molar-refractivity contribution in [3.63, 3.8) is 0 Å². The first-order valence-electron chi connectivity index (χ1n) is 9.15. The van der Waals surface area contributed by atoms with Gasteiger partial charge in [-0.25, -0.2) is 8.51 Å². The molecule has 3 unspecified atom stereocenters. The van der Waals surface area contributed by atoms with Gasteiger partial charge >= 0.3 is 5.97 Å². The Morgan fingerprint density at radius 3 is 2.84 bits per heavy atom. The Labute approximate surface area is 193 Å². The van der Waals surface area contributed by atoms with Crippen molar-refractivity contribution in [1.82, 2.24) is 19.4 Å². The average molecular weight is 499 g/mol. The number of rotatable bonds is 7. The highest BCUT2D eigenvalue weighted by Gasteiger charge is 2.60.